The SMILES string of the molecule is O=C1NC2(CN3CCC2CC3)C(=O)N1c1cc(C(F)(F)F)cc(C(F)(F)F)c1. The summed E-state index contributed by atoms with van der Waals surface area (Å²) < 4.78 is 78.7. The molecule has 4 saturated heterocycles. The summed E-state index contributed by atoms with van der Waals surface area (Å²) in [6.45, 7) is 1.67. The molecular weight excluding hydrogens is 392 g/mol. The van der Waals surface area contributed by atoms with E-state index in [2.05, 4.69) is 5.32 Å². The predicted molar refractivity (Wildman–Crippen MR) is 84.4 cm³/mol. The van der Waals surface area contributed by atoms with Gasteiger partial charge in [-0.15, -0.1) is 0 Å². The number of benzene rings is 1. The molecule has 1 unspecified atom stereocenters. The van der Waals surface area contributed by atoms with Crippen LogP contribution in [0.15, 0.2) is 18.2 Å². The Morgan fingerprint density at radius 2 is 1.46 bits per heavy atom. The summed E-state index contributed by atoms with van der Waals surface area (Å²) in [6.07, 6.45) is -8.89. The third-order valence-corrected chi connectivity index (χ3v) is 5.71. The molecule has 4 aliphatic heterocycles. The number of piperidine rings is 3. The summed E-state index contributed by atoms with van der Waals surface area (Å²) >= 11 is 0. The molecule has 1 spiro atoms. The van der Waals surface area contributed by atoms with E-state index in [0.717, 1.165) is 13.1 Å². The Kier molecular flexibility index (Phi) is 3.98. The second-order valence-electron chi connectivity index (χ2n) is 7.36. The maximum Gasteiger partial charge on any atom is 0.416 e. The minimum Gasteiger partial charge on any atom is -0.321 e. The van der Waals surface area contributed by atoms with E-state index in [9.17, 15) is 35.9 Å². The number of amides is 3. The maximum atomic E-state index is 13.1. The smallest absolute Gasteiger partial charge is 0.321 e. The maximum absolute atomic E-state index is 13.1. The zero-order valence-corrected chi connectivity index (χ0v) is 14.3. The molecule has 28 heavy (non-hydrogen) atoms. The van der Waals surface area contributed by atoms with Crippen molar-refractivity contribution in [2.24, 2.45) is 5.92 Å². The first-order valence-electron chi connectivity index (χ1n) is 8.60. The summed E-state index contributed by atoms with van der Waals surface area (Å²) in [7, 11) is 0. The number of urea groups is 1. The summed E-state index contributed by atoms with van der Waals surface area (Å²) in [6, 6.07) is -0.252. The first-order valence-corrected chi connectivity index (χ1v) is 8.60. The van der Waals surface area contributed by atoms with Gasteiger partial charge in [0.05, 0.1) is 16.8 Å². The van der Waals surface area contributed by atoms with Crippen LogP contribution < -0.4 is 10.2 Å². The quantitative estimate of drug-likeness (QED) is 0.575. The van der Waals surface area contributed by atoms with Crippen LogP contribution in [0.25, 0.3) is 0 Å². The number of rotatable bonds is 1. The summed E-state index contributed by atoms with van der Waals surface area (Å²) in [5, 5.41) is 2.55. The van der Waals surface area contributed by atoms with Crippen LogP contribution >= 0.6 is 0 Å². The van der Waals surface area contributed by atoms with Crippen LogP contribution in [-0.2, 0) is 17.1 Å². The second kappa shape index (κ2) is 5.85. The number of hydrogen-bond acceptors (Lipinski definition) is 3. The van der Waals surface area contributed by atoms with Gasteiger partial charge in [0.1, 0.15) is 5.54 Å². The van der Waals surface area contributed by atoms with Gasteiger partial charge in [-0.1, -0.05) is 0 Å². The average Bonchev–Trinajstić information content (AvgIpc) is 2.84. The highest BCUT2D eigenvalue weighted by Crippen LogP contribution is 2.43. The molecule has 3 amide bonds. The van der Waals surface area contributed by atoms with Crippen LogP contribution in [0, 0.1) is 5.92 Å². The lowest BCUT2D eigenvalue weighted by Crippen LogP contribution is -2.67. The number of fused-ring (bicyclic) bond motifs is 2. The Bertz CT molecular complexity index is 812. The van der Waals surface area contributed by atoms with Gasteiger partial charge in [-0.05, 0) is 50.0 Å². The number of carbonyl (C=O) groups excluding carboxylic acids is 2. The van der Waals surface area contributed by atoms with Crippen molar-refractivity contribution >= 4 is 17.6 Å². The summed E-state index contributed by atoms with van der Waals surface area (Å²) in [5.74, 6) is -1.01. The minimum absolute atomic E-state index is 0.0357. The van der Waals surface area contributed by atoms with Crippen molar-refractivity contribution in [3.05, 3.63) is 29.3 Å². The summed E-state index contributed by atoms with van der Waals surface area (Å²) in [5.41, 5.74) is -5.20. The molecule has 1 aromatic carbocycles. The van der Waals surface area contributed by atoms with Gasteiger partial charge in [-0.2, -0.15) is 26.3 Å². The molecule has 5 rings (SSSR count). The van der Waals surface area contributed by atoms with Gasteiger partial charge in [0.15, 0.2) is 0 Å². The molecule has 0 aromatic heterocycles. The van der Waals surface area contributed by atoms with Crippen LogP contribution in [0.3, 0.4) is 0 Å². The molecule has 1 N–H and O–H groups in total. The monoisotopic (exact) mass is 407 g/mol. The Morgan fingerprint density at radius 3 is 1.89 bits per heavy atom. The zero-order valence-electron chi connectivity index (χ0n) is 14.3. The third kappa shape index (κ3) is 2.83. The molecule has 2 bridgehead atoms. The van der Waals surface area contributed by atoms with E-state index >= 15 is 0 Å². The predicted octanol–water partition coefficient (Wildman–Crippen LogP) is 3.24. The molecule has 1 atom stereocenters. The molecule has 0 saturated carbocycles. The van der Waals surface area contributed by atoms with Crippen LogP contribution in [0.1, 0.15) is 24.0 Å². The highest BCUT2D eigenvalue weighted by molar-refractivity contribution is 6.23. The number of nitrogens with zero attached hydrogens (tertiary/aromatic N) is 2. The molecule has 1 aromatic rings. The van der Waals surface area contributed by atoms with Gasteiger partial charge in [0.2, 0.25) is 0 Å². The minimum atomic E-state index is -5.07. The summed E-state index contributed by atoms with van der Waals surface area (Å²) in [4.78, 5) is 27.9. The van der Waals surface area contributed by atoms with E-state index in [4.69, 9.17) is 0 Å². The Balaban J connectivity index is 1.78. The van der Waals surface area contributed by atoms with Gasteiger partial charge in [-0.3, -0.25) is 4.79 Å². The Hall–Kier alpha value is -2.30. The lowest BCUT2D eigenvalue weighted by Gasteiger charge is -2.49. The molecule has 4 heterocycles. The van der Waals surface area contributed by atoms with Crippen molar-refractivity contribution in [3.63, 3.8) is 0 Å². The van der Waals surface area contributed by atoms with Gasteiger partial charge in [-0.25, -0.2) is 9.69 Å². The number of imide groups is 1. The highest BCUT2D eigenvalue weighted by Gasteiger charge is 2.60. The fraction of sp³-hybridized carbons (Fsp3) is 0.529. The number of anilines is 1. The third-order valence-electron chi connectivity index (χ3n) is 5.71. The highest BCUT2D eigenvalue weighted by atomic mass is 19.4. The van der Waals surface area contributed by atoms with Crippen molar-refractivity contribution in [2.75, 3.05) is 24.5 Å². The normalized spacial score (nSPS) is 30.3. The largest absolute Gasteiger partial charge is 0.416 e. The molecule has 152 valence electrons. The van der Waals surface area contributed by atoms with E-state index in [1.54, 1.807) is 0 Å². The molecular formula is C17H15F6N3O2. The Labute approximate surface area is 155 Å². The van der Waals surface area contributed by atoms with Gasteiger partial charge < -0.3 is 10.2 Å². The molecule has 0 aliphatic carbocycles. The van der Waals surface area contributed by atoms with E-state index in [1.807, 2.05) is 4.90 Å². The van der Waals surface area contributed by atoms with Crippen LogP contribution in [-0.4, -0.2) is 42.0 Å². The van der Waals surface area contributed by atoms with Crippen molar-refractivity contribution in [2.45, 2.75) is 30.7 Å². The Morgan fingerprint density at radius 1 is 0.929 bits per heavy atom. The van der Waals surface area contributed by atoms with Crippen molar-refractivity contribution < 1.29 is 35.9 Å². The van der Waals surface area contributed by atoms with Gasteiger partial charge in [0, 0.05) is 6.54 Å². The van der Waals surface area contributed by atoms with Crippen LogP contribution in [0.4, 0.5) is 36.8 Å². The zero-order chi connectivity index (χ0) is 20.5. The van der Waals surface area contributed by atoms with Gasteiger partial charge >= 0.3 is 18.4 Å². The van der Waals surface area contributed by atoms with Crippen LogP contribution in [0.5, 0.6) is 0 Å². The van der Waals surface area contributed by atoms with Gasteiger partial charge in [0.25, 0.3) is 5.91 Å². The molecule has 11 heteroatoms. The lowest BCUT2D eigenvalue weighted by atomic mass is 9.72. The topological polar surface area (TPSA) is 52.7 Å². The fourth-order valence-corrected chi connectivity index (χ4v) is 4.34. The van der Waals surface area contributed by atoms with E-state index < -0.39 is 46.6 Å². The number of hydrogen-bond donors (Lipinski definition) is 1. The number of halogens is 6. The molecule has 0 radical (unpaired) electrons. The first-order chi connectivity index (χ1) is 12.9. The number of carbonyl (C=O) groups is 2. The first kappa shape index (κ1) is 19.0. The van der Waals surface area contributed by atoms with E-state index in [1.165, 1.54) is 0 Å². The van der Waals surface area contributed by atoms with Crippen molar-refractivity contribution in [1.82, 2.24) is 10.2 Å². The standard InChI is InChI=1S/C17H15F6N3O2/c18-16(19,20)10-5-11(17(21,22)23)7-12(6-10)26-13(27)15(24-14(26)28)8-25-3-1-9(15)2-4-25/h5-7,9H,1-4,8H2,(H,24,28). The molecule has 5 nitrogen and oxygen atoms in total. The average molecular weight is 407 g/mol. The molecule has 4 fully saturated rings. The van der Waals surface area contributed by atoms with E-state index in [0.29, 0.717) is 29.9 Å². The lowest BCUT2D eigenvalue weighted by molar-refractivity contribution is -0.143. The second-order valence-corrected chi connectivity index (χ2v) is 7.36. The molecule has 4 aliphatic rings. The van der Waals surface area contributed by atoms with E-state index in [-0.39, 0.29) is 18.5 Å². The van der Waals surface area contributed by atoms with Crippen molar-refractivity contribution in [1.29, 1.82) is 0 Å². The van der Waals surface area contributed by atoms with Crippen molar-refractivity contribution in [3.8, 4) is 0 Å². The van der Waals surface area contributed by atoms with Crippen LogP contribution in [0.2, 0.25) is 0 Å². The number of alkyl halides is 6. The number of nitrogens with one attached hydrogen (secondary N) is 1. The fourth-order valence-electron chi connectivity index (χ4n) is 4.34.